The smallest absolute Gasteiger partial charge is 0.294 e. The number of hydrogen-bond donors (Lipinski definition) is 2. The molecule has 3 rings (SSSR count). The zero-order valence-electron chi connectivity index (χ0n) is 16.9. The lowest BCUT2D eigenvalue weighted by atomic mass is 9.90. The molecule has 3 N–H and O–H groups in total. The van der Waals surface area contributed by atoms with E-state index in [9.17, 15) is 13.0 Å². The summed E-state index contributed by atoms with van der Waals surface area (Å²) in [6.45, 7) is 8.46. The molecule has 1 aliphatic rings. The third-order valence-corrected chi connectivity index (χ3v) is 6.06. The fourth-order valence-electron chi connectivity index (χ4n) is 3.51. The van der Waals surface area contributed by atoms with E-state index in [0.717, 1.165) is 10.8 Å². The van der Waals surface area contributed by atoms with Crippen molar-refractivity contribution in [3.8, 4) is 0 Å². The minimum Gasteiger partial charge on any atom is -0.328 e. The summed E-state index contributed by atoms with van der Waals surface area (Å²) in [5.74, 6) is 0.721. The topological polar surface area (TPSA) is 80.4 Å². The molecule has 2 aromatic carbocycles. The molecule has 4 nitrogen and oxygen atoms in total. The Balaban J connectivity index is 0.000000313. The van der Waals surface area contributed by atoms with E-state index in [0.29, 0.717) is 17.9 Å². The first-order valence-corrected chi connectivity index (χ1v) is 11.3. The second-order valence-corrected chi connectivity index (χ2v) is 9.60. The number of rotatable bonds is 3. The monoisotopic (exact) mass is 391 g/mol. The SMILES string of the molecule is CC(C)c1cc(C(C)C)c2ccc(S(=O)(=O)O)cc2c1.NC1CCCCC1. The Labute approximate surface area is 163 Å². The molecule has 2 aromatic rings. The molecular formula is C22H33NO3S. The van der Waals surface area contributed by atoms with Crippen LogP contribution in [0.15, 0.2) is 35.2 Å². The van der Waals surface area contributed by atoms with Crippen LogP contribution >= 0.6 is 0 Å². The molecule has 150 valence electrons. The van der Waals surface area contributed by atoms with Crippen molar-refractivity contribution in [2.24, 2.45) is 5.73 Å². The Morgan fingerprint density at radius 3 is 2.04 bits per heavy atom. The third-order valence-electron chi connectivity index (χ3n) is 5.21. The zero-order chi connectivity index (χ0) is 20.2. The fraction of sp³-hybridized carbons (Fsp3) is 0.545. The number of hydrogen-bond acceptors (Lipinski definition) is 3. The molecule has 0 aromatic heterocycles. The standard InChI is InChI=1S/C16H20O3S.C6H13N/c1-10(2)12-7-13-8-14(20(17,18)19)5-6-15(13)16(9-12)11(3)4;7-6-4-2-1-3-5-6/h5-11H,1-4H3,(H,17,18,19);6H,1-5,7H2. The van der Waals surface area contributed by atoms with Gasteiger partial charge in [-0.3, -0.25) is 4.55 Å². The molecule has 1 saturated carbocycles. The van der Waals surface area contributed by atoms with Crippen molar-refractivity contribution in [1.82, 2.24) is 0 Å². The summed E-state index contributed by atoms with van der Waals surface area (Å²) in [4.78, 5) is -0.0550. The third kappa shape index (κ3) is 6.03. The Bertz CT molecular complexity index is 867. The van der Waals surface area contributed by atoms with Gasteiger partial charge in [0, 0.05) is 6.04 Å². The van der Waals surface area contributed by atoms with Gasteiger partial charge in [-0.05, 0) is 58.7 Å². The van der Waals surface area contributed by atoms with Crippen molar-refractivity contribution in [1.29, 1.82) is 0 Å². The van der Waals surface area contributed by atoms with E-state index < -0.39 is 10.1 Å². The molecule has 1 fully saturated rings. The van der Waals surface area contributed by atoms with Crippen molar-refractivity contribution in [2.45, 2.75) is 82.6 Å². The normalized spacial score (nSPS) is 15.9. The van der Waals surface area contributed by atoms with Gasteiger partial charge >= 0.3 is 0 Å². The van der Waals surface area contributed by atoms with Gasteiger partial charge in [0.05, 0.1) is 4.90 Å². The van der Waals surface area contributed by atoms with Crippen LogP contribution in [0.3, 0.4) is 0 Å². The highest BCUT2D eigenvalue weighted by Gasteiger charge is 2.14. The zero-order valence-corrected chi connectivity index (χ0v) is 17.7. The number of fused-ring (bicyclic) bond motifs is 1. The first-order chi connectivity index (χ1) is 12.6. The van der Waals surface area contributed by atoms with Crippen LogP contribution in [0.5, 0.6) is 0 Å². The van der Waals surface area contributed by atoms with Crippen molar-refractivity contribution in [3.05, 3.63) is 41.5 Å². The summed E-state index contributed by atoms with van der Waals surface area (Å²) >= 11 is 0. The van der Waals surface area contributed by atoms with Crippen LogP contribution in [0.25, 0.3) is 10.8 Å². The summed E-state index contributed by atoms with van der Waals surface area (Å²) in [5, 5.41) is 1.90. The second kappa shape index (κ2) is 9.18. The van der Waals surface area contributed by atoms with Crippen LogP contribution in [0.4, 0.5) is 0 Å². The van der Waals surface area contributed by atoms with Crippen LogP contribution < -0.4 is 5.73 Å². The van der Waals surface area contributed by atoms with E-state index in [1.807, 2.05) is 6.07 Å². The predicted octanol–water partition coefficient (Wildman–Crippen LogP) is 5.61. The largest absolute Gasteiger partial charge is 0.328 e. The van der Waals surface area contributed by atoms with Gasteiger partial charge in [0.1, 0.15) is 0 Å². The number of nitrogens with two attached hydrogens (primary N) is 1. The van der Waals surface area contributed by atoms with E-state index in [-0.39, 0.29) is 4.90 Å². The molecule has 27 heavy (non-hydrogen) atoms. The highest BCUT2D eigenvalue weighted by molar-refractivity contribution is 7.85. The van der Waals surface area contributed by atoms with Crippen LogP contribution in [-0.4, -0.2) is 19.0 Å². The molecule has 0 amide bonds. The highest BCUT2D eigenvalue weighted by Crippen LogP contribution is 2.31. The molecule has 0 heterocycles. The molecule has 0 unspecified atom stereocenters. The molecule has 0 bridgehead atoms. The van der Waals surface area contributed by atoms with Gasteiger partial charge < -0.3 is 5.73 Å². The van der Waals surface area contributed by atoms with Crippen LogP contribution in [0.2, 0.25) is 0 Å². The summed E-state index contributed by atoms with van der Waals surface area (Å²) < 4.78 is 31.7. The first kappa shape index (κ1) is 21.9. The van der Waals surface area contributed by atoms with Gasteiger partial charge in [-0.25, -0.2) is 0 Å². The minimum atomic E-state index is -4.16. The van der Waals surface area contributed by atoms with Gasteiger partial charge in [-0.1, -0.05) is 65.2 Å². The van der Waals surface area contributed by atoms with Crippen LogP contribution in [0.1, 0.15) is 82.8 Å². The van der Waals surface area contributed by atoms with E-state index in [1.165, 1.54) is 49.3 Å². The van der Waals surface area contributed by atoms with Crippen molar-refractivity contribution in [2.75, 3.05) is 0 Å². The Hall–Kier alpha value is -1.43. The summed E-state index contributed by atoms with van der Waals surface area (Å²) in [5.41, 5.74) is 8.01. The summed E-state index contributed by atoms with van der Waals surface area (Å²) in [7, 11) is -4.16. The summed E-state index contributed by atoms with van der Waals surface area (Å²) in [6.07, 6.45) is 6.66. The van der Waals surface area contributed by atoms with Crippen molar-refractivity contribution >= 4 is 20.9 Å². The van der Waals surface area contributed by atoms with E-state index in [2.05, 4.69) is 33.8 Å². The Morgan fingerprint density at radius 2 is 1.59 bits per heavy atom. The van der Waals surface area contributed by atoms with Crippen LogP contribution in [0, 0.1) is 0 Å². The van der Waals surface area contributed by atoms with E-state index in [1.54, 1.807) is 12.1 Å². The predicted molar refractivity (Wildman–Crippen MR) is 113 cm³/mol. The minimum absolute atomic E-state index is 0.0550. The maximum Gasteiger partial charge on any atom is 0.294 e. The average Bonchev–Trinajstić information content (AvgIpc) is 2.60. The van der Waals surface area contributed by atoms with E-state index in [4.69, 9.17) is 5.73 Å². The lowest BCUT2D eigenvalue weighted by Crippen LogP contribution is -2.22. The highest BCUT2D eigenvalue weighted by atomic mass is 32.2. The van der Waals surface area contributed by atoms with Gasteiger partial charge in [-0.15, -0.1) is 0 Å². The molecule has 0 radical (unpaired) electrons. The quantitative estimate of drug-likeness (QED) is 0.666. The maximum atomic E-state index is 11.3. The van der Waals surface area contributed by atoms with Gasteiger partial charge in [-0.2, -0.15) is 8.42 Å². The lowest BCUT2D eigenvalue weighted by Gasteiger charge is -2.15. The van der Waals surface area contributed by atoms with Gasteiger partial charge in [0.25, 0.3) is 10.1 Å². The molecule has 0 aliphatic heterocycles. The Kier molecular flexibility index (Phi) is 7.43. The second-order valence-electron chi connectivity index (χ2n) is 8.18. The lowest BCUT2D eigenvalue weighted by molar-refractivity contribution is 0.441. The van der Waals surface area contributed by atoms with Gasteiger partial charge in [0.15, 0.2) is 0 Å². The summed E-state index contributed by atoms with van der Waals surface area (Å²) in [6, 6.07) is 9.50. The first-order valence-electron chi connectivity index (χ1n) is 9.90. The molecule has 0 spiro atoms. The van der Waals surface area contributed by atoms with Crippen molar-refractivity contribution in [3.63, 3.8) is 0 Å². The van der Waals surface area contributed by atoms with Gasteiger partial charge in [0.2, 0.25) is 0 Å². The molecule has 1 aliphatic carbocycles. The Morgan fingerprint density at radius 1 is 0.963 bits per heavy atom. The average molecular weight is 392 g/mol. The molecule has 5 heteroatoms. The molecular weight excluding hydrogens is 358 g/mol. The molecule has 0 saturated heterocycles. The molecule has 0 atom stereocenters. The van der Waals surface area contributed by atoms with E-state index >= 15 is 0 Å². The van der Waals surface area contributed by atoms with Crippen molar-refractivity contribution < 1.29 is 13.0 Å². The van der Waals surface area contributed by atoms with Crippen LogP contribution in [-0.2, 0) is 10.1 Å². The number of benzene rings is 2. The maximum absolute atomic E-state index is 11.3. The fourth-order valence-corrected chi connectivity index (χ4v) is 4.02.